The zero-order valence-corrected chi connectivity index (χ0v) is 23.6. The summed E-state index contributed by atoms with van der Waals surface area (Å²) in [7, 11) is 0. The third-order valence-corrected chi connectivity index (χ3v) is 6.39. The van der Waals surface area contributed by atoms with Crippen LogP contribution in [0.25, 0.3) is 0 Å². The van der Waals surface area contributed by atoms with E-state index in [0.29, 0.717) is 39.1 Å². The van der Waals surface area contributed by atoms with Gasteiger partial charge in [0.25, 0.3) is 0 Å². The zero-order chi connectivity index (χ0) is 26.3. The molecule has 0 spiro atoms. The molecule has 0 radical (unpaired) electrons. The number of esters is 2. The van der Waals surface area contributed by atoms with Crippen LogP contribution in [0.4, 0.5) is 0 Å². The van der Waals surface area contributed by atoms with Crippen molar-refractivity contribution in [2.24, 2.45) is 0 Å². The summed E-state index contributed by atoms with van der Waals surface area (Å²) in [5.41, 5.74) is 0. The lowest BCUT2D eigenvalue weighted by Crippen LogP contribution is -2.36. The predicted octanol–water partition coefficient (Wildman–Crippen LogP) is 2.20. The minimum Gasteiger partial charge on any atom is -0.463 e. The topological polar surface area (TPSA) is 74.8 Å². The van der Waals surface area contributed by atoms with Crippen LogP contribution in [0.5, 0.6) is 0 Å². The molecule has 0 amide bonds. The number of hydrogen-bond donors (Lipinski definition) is 0. The third kappa shape index (κ3) is 18.6. The van der Waals surface area contributed by atoms with Crippen molar-refractivity contribution in [1.82, 2.24) is 19.6 Å². The number of hydrogen-bond acceptors (Lipinski definition) is 9. The van der Waals surface area contributed by atoms with Crippen molar-refractivity contribution in [2.45, 2.75) is 54.4 Å². The predicted molar refractivity (Wildman–Crippen MR) is 142 cm³/mol. The maximum atomic E-state index is 12.0. The number of carbonyl (C=O) groups is 2. The summed E-state index contributed by atoms with van der Waals surface area (Å²) in [6.07, 6.45) is 0.765. The SMILES string of the molecule is CCN(CC)CCN(CC)CCC(=O)OCCOCCOC(=O)CCN(CC)CCN(CC)CC. The monoisotopic (exact) mass is 502 g/mol. The first-order valence-electron chi connectivity index (χ1n) is 13.7. The Morgan fingerprint density at radius 3 is 1.09 bits per heavy atom. The summed E-state index contributed by atoms with van der Waals surface area (Å²) in [5, 5.41) is 0. The van der Waals surface area contributed by atoms with Gasteiger partial charge in [0.15, 0.2) is 0 Å². The highest BCUT2D eigenvalue weighted by atomic mass is 16.6. The second kappa shape index (κ2) is 23.2. The van der Waals surface area contributed by atoms with Crippen LogP contribution < -0.4 is 0 Å². The van der Waals surface area contributed by atoms with Crippen molar-refractivity contribution >= 4 is 11.9 Å². The molecule has 0 atom stereocenters. The van der Waals surface area contributed by atoms with Gasteiger partial charge in [-0.3, -0.25) is 9.59 Å². The lowest BCUT2D eigenvalue weighted by atomic mass is 10.3. The molecule has 0 unspecified atom stereocenters. The van der Waals surface area contributed by atoms with E-state index < -0.39 is 0 Å². The summed E-state index contributed by atoms with van der Waals surface area (Å²) in [4.78, 5) is 33.2. The van der Waals surface area contributed by atoms with Gasteiger partial charge in [-0.15, -0.1) is 0 Å². The van der Waals surface area contributed by atoms with Crippen LogP contribution in [-0.4, -0.2) is 137 Å². The molecule has 0 bridgehead atoms. The molecular weight excluding hydrogens is 448 g/mol. The molecule has 9 nitrogen and oxygen atoms in total. The normalized spacial score (nSPS) is 11.7. The van der Waals surface area contributed by atoms with Crippen molar-refractivity contribution in [1.29, 1.82) is 0 Å². The number of nitrogens with zero attached hydrogens (tertiary/aromatic N) is 4. The smallest absolute Gasteiger partial charge is 0.307 e. The Morgan fingerprint density at radius 2 is 0.771 bits per heavy atom. The number of likely N-dealkylation sites (N-methyl/N-ethyl adjacent to an activating group) is 4. The average Bonchev–Trinajstić information content (AvgIpc) is 2.87. The molecule has 0 aromatic rings. The number of rotatable bonds is 24. The van der Waals surface area contributed by atoms with Crippen LogP contribution in [0.1, 0.15) is 54.4 Å². The van der Waals surface area contributed by atoms with E-state index in [1.54, 1.807) is 0 Å². The quantitative estimate of drug-likeness (QED) is 0.146. The van der Waals surface area contributed by atoms with E-state index >= 15 is 0 Å². The second-order valence-electron chi connectivity index (χ2n) is 8.48. The molecule has 0 rings (SSSR count). The lowest BCUT2D eigenvalue weighted by Gasteiger charge is -2.24. The molecule has 0 fully saturated rings. The Hall–Kier alpha value is -1.26. The van der Waals surface area contributed by atoms with Gasteiger partial charge in [-0.05, 0) is 39.3 Å². The van der Waals surface area contributed by atoms with E-state index in [-0.39, 0.29) is 25.2 Å². The average molecular weight is 503 g/mol. The van der Waals surface area contributed by atoms with Gasteiger partial charge >= 0.3 is 11.9 Å². The van der Waals surface area contributed by atoms with Crippen LogP contribution in [0, 0.1) is 0 Å². The number of carbonyl (C=O) groups excluding carboxylic acids is 2. The van der Waals surface area contributed by atoms with E-state index in [0.717, 1.165) is 65.4 Å². The van der Waals surface area contributed by atoms with Crippen LogP contribution >= 0.6 is 0 Å². The summed E-state index contributed by atoms with van der Waals surface area (Å²) >= 11 is 0. The molecule has 0 saturated heterocycles. The molecule has 9 heteroatoms. The van der Waals surface area contributed by atoms with Crippen LogP contribution in [0.2, 0.25) is 0 Å². The standard InChI is InChI=1S/C26H54N4O5/c1-7-27(8-2)17-19-29(11-5)15-13-25(31)34-23-21-33-22-24-35-26(32)14-16-30(12-6)20-18-28(9-3)10-4/h7-24H2,1-6H3. The minimum atomic E-state index is -0.206. The van der Waals surface area contributed by atoms with Gasteiger partial charge in [-0.25, -0.2) is 0 Å². The molecule has 0 heterocycles. The Kier molecular flexibility index (Phi) is 22.3. The largest absolute Gasteiger partial charge is 0.463 e. The summed E-state index contributed by atoms with van der Waals surface area (Å²) in [6, 6.07) is 0. The van der Waals surface area contributed by atoms with E-state index in [9.17, 15) is 9.59 Å². The summed E-state index contributed by atoms with van der Waals surface area (Å²) < 4.78 is 15.9. The Bertz CT molecular complexity index is 472. The van der Waals surface area contributed by atoms with E-state index in [4.69, 9.17) is 14.2 Å². The van der Waals surface area contributed by atoms with E-state index in [1.165, 1.54) is 0 Å². The maximum Gasteiger partial charge on any atom is 0.307 e. The van der Waals surface area contributed by atoms with Gasteiger partial charge in [0.2, 0.25) is 0 Å². The summed E-state index contributed by atoms with van der Waals surface area (Å²) in [6.45, 7) is 25.3. The Morgan fingerprint density at radius 1 is 0.457 bits per heavy atom. The van der Waals surface area contributed by atoms with Crippen molar-refractivity contribution < 1.29 is 23.8 Å². The van der Waals surface area contributed by atoms with Crippen molar-refractivity contribution in [3.63, 3.8) is 0 Å². The van der Waals surface area contributed by atoms with Gasteiger partial charge in [-0.1, -0.05) is 41.5 Å². The van der Waals surface area contributed by atoms with E-state index in [1.807, 2.05) is 0 Å². The van der Waals surface area contributed by atoms with Gasteiger partial charge < -0.3 is 33.8 Å². The van der Waals surface area contributed by atoms with Gasteiger partial charge in [0.05, 0.1) is 26.1 Å². The molecule has 0 saturated carbocycles. The fourth-order valence-electron chi connectivity index (χ4n) is 3.68. The molecule has 208 valence electrons. The molecule has 0 aromatic heterocycles. The fraction of sp³-hybridized carbons (Fsp3) is 0.923. The highest BCUT2D eigenvalue weighted by Gasteiger charge is 2.11. The fourth-order valence-corrected chi connectivity index (χ4v) is 3.68. The number of ether oxygens (including phenoxy) is 3. The van der Waals surface area contributed by atoms with Crippen LogP contribution in [-0.2, 0) is 23.8 Å². The first-order chi connectivity index (χ1) is 16.9. The second-order valence-corrected chi connectivity index (χ2v) is 8.48. The minimum absolute atomic E-state index is 0.206. The first-order valence-corrected chi connectivity index (χ1v) is 13.7. The first kappa shape index (κ1) is 33.7. The van der Waals surface area contributed by atoms with Crippen LogP contribution in [0.3, 0.4) is 0 Å². The van der Waals surface area contributed by atoms with Gasteiger partial charge in [0.1, 0.15) is 13.2 Å². The zero-order valence-electron chi connectivity index (χ0n) is 23.6. The molecule has 0 aliphatic rings. The van der Waals surface area contributed by atoms with Crippen molar-refractivity contribution in [3.05, 3.63) is 0 Å². The molecule has 0 aliphatic heterocycles. The maximum absolute atomic E-state index is 12.0. The molecule has 0 N–H and O–H groups in total. The van der Waals surface area contributed by atoms with Gasteiger partial charge in [-0.2, -0.15) is 0 Å². The Balaban J connectivity index is 3.78. The third-order valence-electron chi connectivity index (χ3n) is 6.39. The molecular formula is C26H54N4O5. The molecule has 35 heavy (non-hydrogen) atoms. The highest BCUT2D eigenvalue weighted by Crippen LogP contribution is 1.98. The Labute approximate surface area is 215 Å². The molecule has 0 aliphatic carbocycles. The van der Waals surface area contributed by atoms with Crippen LogP contribution in [0.15, 0.2) is 0 Å². The van der Waals surface area contributed by atoms with E-state index in [2.05, 4.69) is 61.1 Å². The van der Waals surface area contributed by atoms with Crippen molar-refractivity contribution in [3.8, 4) is 0 Å². The molecule has 0 aromatic carbocycles. The lowest BCUT2D eigenvalue weighted by molar-refractivity contribution is -0.147. The van der Waals surface area contributed by atoms with Crippen molar-refractivity contribution in [2.75, 3.05) is 105 Å². The highest BCUT2D eigenvalue weighted by molar-refractivity contribution is 5.69. The summed E-state index contributed by atoms with van der Waals surface area (Å²) in [5.74, 6) is -0.412. The van der Waals surface area contributed by atoms with Gasteiger partial charge in [0, 0.05) is 39.3 Å².